The molecule has 0 aliphatic rings. The zero-order valence-electron chi connectivity index (χ0n) is 11.6. The molecule has 3 N–H and O–H groups in total. The van der Waals surface area contributed by atoms with Crippen LogP contribution in [0.1, 0.15) is 42.9 Å². The minimum absolute atomic E-state index is 0.00273. The Morgan fingerprint density at radius 2 is 2.10 bits per heavy atom. The maximum atomic E-state index is 10.8. The monoisotopic (exact) mass is 275 g/mol. The number of rotatable bonds is 4. The lowest BCUT2D eigenvalue weighted by Gasteiger charge is -2.11. The molecule has 106 valence electrons. The Labute approximate surface area is 116 Å². The van der Waals surface area contributed by atoms with Gasteiger partial charge in [-0.15, -0.1) is 0 Å². The summed E-state index contributed by atoms with van der Waals surface area (Å²) >= 11 is 0. The fourth-order valence-electron chi connectivity index (χ4n) is 1.54. The van der Waals surface area contributed by atoms with Crippen LogP contribution < -0.4 is 5.32 Å². The molecule has 2 rings (SSSR count). The summed E-state index contributed by atoms with van der Waals surface area (Å²) in [6.45, 7) is 6.50. The summed E-state index contributed by atoms with van der Waals surface area (Å²) in [5, 5.41) is 18.9. The van der Waals surface area contributed by atoms with Crippen molar-refractivity contribution in [1.82, 2.24) is 20.2 Å². The van der Waals surface area contributed by atoms with Gasteiger partial charge >= 0.3 is 5.97 Å². The number of carboxylic acid groups (broad SMARTS) is 1. The van der Waals surface area contributed by atoms with Gasteiger partial charge in [0.25, 0.3) is 0 Å². The molecular formula is C13H17N5O2. The van der Waals surface area contributed by atoms with Crippen LogP contribution >= 0.6 is 0 Å². The summed E-state index contributed by atoms with van der Waals surface area (Å²) < 4.78 is 0. The first-order chi connectivity index (χ1) is 9.36. The third kappa shape index (κ3) is 3.31. The van der Waals surface area contributed by atoms with Gasteiger partial charge in [-0.05, 0) is 12.1 Å². The lowest BCUT2D eigenvalue weighted by atomic mass is 9.96. The average molecular weight is 275 g/mol. The van der Waals surface area contributed by atoms with Crippen molar-refractivity contribution in [1.29, 1.82) is 0 Å². The van der Waals surface area contributed by atoms with Crippen molar-refractivity contribution in [2.45, 2.75) is 32.7 Å². The number of carbonyl (C=O) groups is 1. The van der Waals surface area contributed by atoms with E-state index >= 15 is 0 Å². The van der Waals surface area contributed by atoms with Crippen LogP contribution in [0.3, 0.4) is 0 Å². The molecule has 0 radical (unpaired) electrons. The minimum Gasteiger partial charge on any atom is -0.477 e. The van der Waals surface area contributed by atoms with Gasteiger partial charge in [0.1, 0.15) is 11.6 Å². The third-order valence-corrected chi connectivity index (χ3v) is 2.61. The standard InChI is InChI=1S/C13H17N5O2/c1-13(2,3)12-16-10(17-18-12)7-14-9-6-4-5-8(15-9)11(19)20/h4-6H,7H2,1-3H3,(H,14,15)(H,19,20)(H,16,17,18). The Balaban J connectivity index is 2.04. The molecule has 0 amide bonds. The molecule has 0 atom stereocenters. The number of hydrogen-bond acceptors (Lipinski definition) is 5. The van der Waals surface area contributed by atoms with Gasteiger partial charge in [0.15, 0.2) is 11.5 Å². The number of H-pyrrole nitrogens is 1. The van der Waals surface area contributed by atoms with Gasteiger partial charge in [-0.2, -0.15) is 5.10 Å². The number of aromatic nitrogens is 4. The van der Waals surface area contributed by atoms with Crippen molar-refractivity contribution in [3.05, 3.63) is 35.5 Å². The fraction of sp³-hybridized carbons (Fsp3) is 0.385. The van der Waals surface area contributed by atoms with Crippen LogP contribution in [0.25, 0.3) is 0 Å². The van der Waals surface area contributed by atoms with E-state index in [9.17, 15) is 4.79 Å². The Morgan fingerprint density at radius 1 is 1.35 bits per heavy atom. The molecule has 2 aromatic heterocycles. The maximum Gasteiger partial charge on any atom is 0.354 e. The summed E-state index contributed by atoms with van der Waals surface area (Å²) in [4.78, 5) is 19.2. The first-order valence-electron chi connectivity index (χ1n) is 6.22. The molecule has 2 heterocycles. The number of carboxylic acids is 1. The molecule has 0 unspecified atom stereocenters. The normalized spacial score (nSPS) is 11.3. The largest absolute Gasteiger partial charge is 0.477 e. The quantitative estimate of drug-likeness (QED) is 0.786. The Morgan fingerprint density at radius 3 is 2.70 bits per heavy atom. The molecule has 7 heteroatoms. The fourth-order valence-corrected chi connectivity index (χ4v) is 1.54. The molecule has 0 aliphatic heterocycles. The summed E-state index contributed by atoms with van der Waals surface area (Å²) in [6, 6.07) is 4.78. The van der Waals surface area contributed by atoms with Gasteiger partial charge in [0.2, 0.25) is 0 Å². The van der Waals surface area contributed by atoms with Gasteiger partial charge in [-0.1, -0.05) is 26.8 Å². The maximum absolute atomic E-state index is 10.8. The highest BCUT2D eigenvalue weighted by molar-refractivity contribution is 5.85. The molecular weight excluding hydrogens is 258 g/mol. The molecule has 0 saturated heterocycles. The van der Waals surface area contributed by atoms with Crippen molar-refractivity contribution in [3.8, 4) is 0 Å². The highest BCUT2D eigenvalue weighted by atomic mass is 16.4. The van der Waals surface area contributed by atoms with Crippen LogP contribution in [-0.4, -0.2) is 31.2 Å². The first kappa shape index (κ1) is 14.0. The second-order valence-corrected chi connectivity index (χ2v) is 5.42. The van der Waals surface area contributed by atoms with Crippen LogP contribution in [0, 0.1) is 0 Å². The van der Waals surface area contributed by atoms with Crippen LogP contribution in [0.2, 0.25) is 0 Å². The third-order valence-electron chi connectivity index (χ3n) is 2.61. The summed E-state index contributed by atoms with van der Waals surface area (Å²) in [5.41, 5.74) is -0.112. The van der Waals surface area contributed by atoms with Gasteiger partial charge in [0.05, 0.1) is 6.54 Å². The number of aromatic amines is 1. The zero-order valence-corrected chi connectivity index (χ0v) is 11.6. The number of aromatic carboxylic acids is 1. The summed E-state index contributed by atoms with van der Waals surface area (Å²) in [6.07, 6.45) is 0. The topological polar surface area (TPSA) is 104 Å². The van der Waals surface area contributed by atoms with Crippen molar-refractivity contribution < 1.29 is 9.90 Å². The van der Waals surface area contributed by atoms with E-state index in [1.54, 1.807) is 12.1 Å². The Bertz CT molecular complexity index is 615. The summed E-state index contributed by atoms with van der Waals surface area (Å²) in [5.74, 6) is 0.848. The molecule has 7 nitrogen and oxygen atoms in total. The minimum atomic E-state index is -1.05. The molecule has 0 saturated carbocycles. The van der Waals surface area contributed by atoms with Gasteiger partial charge in [0, 0.05) is 5.41 Å². The second-order valence-electron chi connectivity index (χ2n) is 5.42. The van der Waals surface area contributed by atoms with Crippen LogP contribution in [-0.2, 0) is 12.0 Å². The molecule has 0 aromatic carbocycles. The molecule has 0 fully saturated rings. The highest BCUT2D eigenvalue weighted by Crippen LogP contribution is 2.17. The van der Waals surface area contributed by atoms with Crippen molar-refractivity contribution >= 4 is 11.8 Å². The van der Waals surface area contributed by atoms with Gasteiger partial charge in [-0.3, -0.25) is 5.10 Å². The second kappa shape index (κ2) is 5.28. The van der Waals surface area contributed by atoms with E-state index in [1.807, 2.05) is 20.8 Å². The SMILES string of the molecule is CC(C)(C)c1n[nH]c(CNc2cccc(C(=O)O)n2)n1. The van der Waals surface area contributed by atoms with E-state index in [0.29, 0.717) is 18.2 Å². The van der Waals surface area contributed by atoms with E-state index < -0.39 is 5.97 Å². The zero-order chi connectivity index (χ0) is 14.8. The van der Waals surface area contributed by atoms with Gasteiger partial charge < -0.3 is 10.4 Å². The number of hydrogen-bond donors (Lipinski definition) is 3. The van der Waals surface area contributed by atoms with E-state index in [0.717, 1.165) is 5.82 Å². The van der Waals surface area contributed by atoms with E-state index in [2.05, 4.69) is 25.5 Å². The van der Waals surface area contributed by atoms with Crippen LogP contribution in [0.5, 0.6) is 0 Å². The van der Waals surface area contributed by atoms with Crippen LogP contribution in [0.15, 0.2) is 18.2 Å². The predicted octanol–water partition coefficient (Wildman–Crippen LogP) is 1.81. The number of anilines is 1. The van der Waals surface area contributed by atoms with Gasteiger partial charge in [-0.25, -0.2) is 14.8 Å². The molecule has 0 bridgehead atoms. The summed E-state index contributed by atoms with van der Waals surface area (Å²) in [7, 11) is 0. The van der Waals surface area contributed by atoms with E-state index in [1.165, 1.54) is 6.07 Å². The van der Waals surface area contributed by atoms with E-state index in [4.69, 9.17) is 5.11 Å². The molecule has 0 aliphatic carbocycles. The molecule has 20 heavy (non-hydrogen) atoms. The Kier molecular flexibility index (Phi) is 3.69. The van der Waals surface area contributed by atoms with Crippen LogP contribution in [0.4, 0.5) is 5.82 Å². The number of nitrogens with zero attached hydrogens (tertiary/aromatic N) is 3. The molecule has 2 aromatic rings. The highest BCUT2D eigenvalue weighted by Gasteiger charge is 2.19. The van der Waals surface area contributed by atoms with Crippen molar-refractivity contribution in [2.75, 3.05) is 5.32 Å². The lowest BCUT2D eigenvalue weighted by Crippen LogP contribution is -2.13. The van der Waals surface area contributed by atoms with Crippen molar-refractivity contribution in [3.63, 3.8) is 0 Å². The first-order valence-corrected chi connectivity index (χ1v) is 6.22. The lowest BCUT2D eigenvalue weighted by molar-refractivity contribution is 0.0690. The average Bonchev–Trinajstić information content (AvgIpc) is 2.85. The Hall–Kier alpha value is -2.44. The van der Waals surface area contributed by atoms with E-state index in [-0.39, 0.29) is 11.1 Å². The number of pyridine rings is 1. The smallest absolute Gasteiger partial charge is 0.354 e. The number of nitrogens with one attached hydrogen (secondary N) is 2. The van der Waals surface area contributed by atoms with Crippen molar-refractivity contribution in [2.24, 2.45) is 0 Å². The predicted molar refractivity (Wildman–Crippen MR) is 73.6 cm³/mol. The molecule has 0 spiro atoms.